The third-order valence-corrected chi connectivity index (χ3v) is 2.39. The van der Waals surface area contributed by atoms with Crippen LogP contribution in [0, 0.1) is 0 Å². The molecule has 0 saturated carbocycles. The van der Waals surface area contributed by atoms with E-state index < -0.39 is 0 Å². The molecule has 0 heterocycles. The van der Waals surface area contributed by atoms with Gasteiger partial charge in [0.15, 0.2) is 0 Å². The van der Waals surface area contributed by atoms with Gasteiger partial charge in [0.2, 0.25) is 0 Å². The summed E-state index contributed by atoms with van der Waals surface area (Å²) in [6.45, 7) is 0. The summed E-state index contributed by atoms with van der Waals surface area (Å²) in [5, 5.41) is 9.35. The zero-order chi connectivity index (χ0) is 10.7. The lowest BCUT2D eigenvalue weighted by Gasteiger charge is -2.12. The van der Waals surface area contributed by atoms with Crippen LogP contribution in [0.2, 0.25) is 0 Å². The van der Waals surface area contributed by atoms with E-state index in [2.05, 4.69) is 0 Å². The van der Waals surface area contributed by atoms with Crippen LogP contribution < -0.4 is 5.73 Å². The van der Waals surface area contributed by atoms with Crippen molar-refractivity contribution in [3.05, 3.63) is 65.7 Å². The Morgan fingerprint density at radius 2 is 1.50 bits per heavy atom. The third-order valence-electron chi connectivity index (χ3n) is 2.39. The Hall–Kier alpha value is -1.51. The zero-order valence-corrected chi connectivity index (χ0v) is 9.52. The molecule has 0 bridgehead atoms. The van der Waals surface area contributed by atoms with Crippen LogP contribution in [0.4, 0.5) is 0 Å². The van der Waals surface area contributed by atoms with Crippen molar-refractivity contribution < 1.29 is 5.11 Å². The van der Waals surface area contributed by atoms with Gasteiger partial charge in [-0.1, -0.05) is 42.5 Å². The first-order valence-electron chi connectivity index (χ1n) is 4.87. The summed E-state index contributed by atoms with van der Waals surface area (Å²) in [6, 6.07) is 16.7. The fraction of sp³-hybridized carbons (Fsp3) is 0.0769. The molecule has 0 radical (unpaired) electrons. The summed E-state index contributed by atoms with van der Waals surface area (Å²) in [5.41, 5.74) is 8.04. The van der Waals surface area contributed by atoms with Crippen molar-refractivity contribution in [1.29, 1.82) is 0 Å². The molecular formula is C13H14ClNO. The number of rotatable bonds is 2. The summed E-state index contributed by atoms with van der Waals surface area (Å²) in [4.78, 5) is 0. The van der Waals surface area contributed by atoms with E-state index in [1.54, 1.807) is 18.2 Å². The fourth-order valence-electron chi connectivity index (χ4n) is 1.57. The Morgan fingerprint density at radius 3 is 2.12 bits per heavy atom. The van der Waals surface area contributed by atoms with Gasteiger partial charge in [-0.3, -0.25) is 0 Å². The SMILES string of the molecule is Cl.NC(c1ccccc1)c1cccc(O)c1. The van der Waals surface area contributed by atoms with Gasteiger partial charge in [-0.15, -0.1) is 12.4 Å². The lowest BCUT2D eigenvalue weighted by atomic mass is 10.00. The monoisotopic (exact) mass is 235 g/mol. The number of hydrogen-bond acceptors (Lipinski definition) is 2. The van der Waals surface area contributed by atoms with Crippen LogP contribution in [0.25, 0.3) is 0 Å². The lowest BCUT2D eigenvalue weighted by molar-refractivity contribution is 0.474. The number of phenolic OH excluding ortho intramolecular Hbond substituents is 1. The van der Waals surface area contributed by atoms with E-state index in [1.807, 2.05) is 36.4 Å². The molecule has 0 saturated heterocycles. The Bertz CT molecular complexity index is 445. The molecule has 0 aliphatic heterocycles. The molecule has 0 aliphatic carbocycles. The van der Waals surface area contributed by atoms with Gasteiger partial charge in [-0.05, 0) is 23.3 Å². The molecule has 0 aliphatic rings. The Morgan fingerprint density at radius 1 is 0.875 bits per heavy atom. The highest BCUT2D eigenvalue weighted by Crippen LogP contribution is 2.22. The van der Waals surface area contributed by atoms with Crippen molar-refractivity contribution in [3.63, 3.8) is 0 Å². The van der Waals surface area contributed by atoms with E-state index in [0.29, 0.717) is 0 Å². The maximum Gasteiger partial charge on any atom is 0.115 e. The fourth-order valence-corrected chi connectivity index (χ4v) is 1.57. The van der Waals surface area contributed by atoms with Gasteiger partial charge >= 0.3 is 0 Å². The van der Waals surface area contributed by atoms with E-state index in [9.17, 15) is 5.11 Å². The van der Waals surface area contributed by atoms with Crippen LogP contribution >= 0.6 is 12.4 Å². The zero-order valence-electron chi connectivity index (χ0n) is 8.71. The maximum atomic E-state index is 9.35. The van der Waals surface area contributed by atoms with Crippen LogP contribution in [0.1, 0.15) is 17.2 Å². The summed E-state index contributed by atoms with van der Waals surface area (Å²) in [5.74, 6) is 0.249. The first kappa shape index (κ1) is 12.6. The molecule has 0 spiro atoms. The summed E-state index contributed by atoms with van der Waals surface area (Å²) >= 11 is 0. The number of benzene rings is 2. The first-order chi connectivity index (χ1) is 7.27. The molecule has 1 unspecified atom stereocenters. The second kappa shape index (κ2) is 5.54. The van der Waals surface area contributed by atoms with Crippen molar-refractivity contribution in [2.24, 2.45) is 5.73 Å². The van der Waals surface area contributed by atoms with Crippen LogP contribution in [-0.4, -0.2) is 5.11 Å². The maximum absolute atomic E-state index is 9.35. The topological polar surface area (TPSA) is 46.2 Å². The molecule has 0 aromatic heterocycles. The van der Waals surface area contributed by atoms with Gasteiger partial charge < -0.3 is 10.8 Å². The lowest BCUT2D eigenvalue weighted by Crippen LogP contribution is -2.11. The second-order valence-corrected chi connectivity index (χ2v) is 3.48. The molecule has 16 heavy (non-hydrogen) atoms. The highest BCUT2D eigenvalue weighted by Gasteiger charge is 2.07. The summed E-state index contributed by atoms with van der Waals surface area (Å²) in [7, 11) is 0. The van der Waals surface area contributed by atoms with Gasteiger partial charge in [-0.2, -0.15) is 0 Å². The van der Waals surface area contributed by atoms with E-state index in [0.717, 1.165) is 11.1 Å². The molecule has 0 amide bonds. The number of nitrogens with two attached hydrogens (primary N) is 1. The number of hydrogen-bond donors (Lipinski definition) is 2. The van der Waals surface area contributed by atoms with Crippen molar-refractivity contribution >= 4 is 12.4 Å². The van der Waals surface area contributed by atoms with E-state index >= 15 is 0 Å². The number of phenols is 1. The molecule has 3 heteroatoms. The van der Waals surface area contributed by atoms with Crippen LogP contribution in [0.5, 0.6) is 5.75 Å². The van der Waals surface area contributed by atoms with Crippen molar-refractivity contribution in [2.75, 3.05) is 0 Å². The van der Waals surface area contributed by atoms with Crippen molar-refractivity contribution in [2.45, 2.75) is 6.04 Å². The Kier molecular flexibility index (Phi) is 4.35. The van der Waals surface area contributed by atoms with Gasteiger partial charge in [0.1, 0.15) is 5.75 Å². The van der Waals surface area contributed by atoms with Crippen molar-refractivity contribution in [3.8, 4) is 5.75 Å². The average molecular weight is 236 g/mol. The molecule has 0 fully saturated rings. The van der Waals surface area contributed by atoms with Gasteiger partial charge in [0.05, 0.1) is 6.04 Å². The Balaban J connectivity index is 0.00000128. The molecule has 2 rings (SSSR count). The number of aromatic hydroxyl groups is 1. The van der Waals surface area contributed by atoms with Crippen LogP contribution in [0.3, 0.4) is 0 Å². The Labute approximate surface area is 101 Å². The smallest absolute Gasteiger partial charge is 0.115 e. The van der Waals surface area contributed by atoms with Crippen LogP contribution in [0.15, 0.2) is 54.6 Å². The second-order valence-electron chi connectivity index (χ2n) is 3.48. The van der Waals surface area contributed by atoms with Gasteiger partial charge in [-0.25, -0.2) is 0 Å². The average Bonchev–Trinajstić information content (AvgIpc) is 2.29. The van der Waals surface area contributed by atoms with Crippen LogP contribution in [-0.2, 0) is 0 Å². The number of halogens is 1. The van der Waals surface area contributed by atoms with Gasteiger partial charge in [0.25, 0.3) is 0 Å². The highest BCUT2D eigenvalue weighted by molar-refractivity contribution is 5.85. The summed E-state index contributed by atoms with van der Waals surface area (Å²) < 4.78 is 0. The van der Waals surface area contributed by atoms with E-state index in [-0.39, 0.29) is 24.2 Å². The minimum atomic E-state index is -0.182. The quantitative estimate of drug-likeness (QED) is 0.841. The minimum absolute atomic E-state index is 0. The first-order valence-corrected chi connectivity index (χ1v) is 4.87. The molecule has 84 valence electrons. The molecule has 1 atom stereocenters. The van der Waals surface area contributed by atoms with Gasteiger partial charge in [0, 0.05) is 0 Å². The van der Waals surface area contributed by atoms with E-state index in [4.69, 9.17) is 5.73 Å². The standard InChI is InChI=1S/C13H13NO.ClH/c14-13(10-5-2-1-3-6-10)11-7-4-8-12(15)9-11;/h1-9,13,15H,14H2;1H. The normalized spacial score (nSPS) is 11.6. The predicted octanol–water partition coefficient (Wildman–Crippen LogP) is 2.86. The molecule has 2 aromatic carbocycles. The third kappa shape index (κ3) is 2.75. The highest BCUT2D eigenvalue weighted by atomic mass is 35.5. The van der Waals surface area contributed by atoms with Crippen molar-refractivity contribution in [1.82, 2.24) is 0 Å². The predicted molar refractivity (Wildman–Crippen MR) is 67.8 cm³/mol. The molecule has 3 N–H and O–H groups in total. The molecule has 2 aromatic rings. The summed E-state index contributed by atoms with van der Waals surface area (Å²) in [6.07, 6.45) is 0. The molecular weight excluding hydrogens is 222 g/mol. The van der Waals surface area contributed by atoms with E-state index in [1.165, 1.54) is 0 Å². The minimum Gasteiger partial charge on any atom is -0.508 e. The molecule has 2 nitrogen and oxygen atoms in total. The largest absolute Gasteiger partial charge is 0.508 e.